The van der Waals surface area contributed by atoms with Crippen LogP contribution in [-0.2, 0) is 11.3 Å². The second-order valence-corrected chi connectivity index (χ2v) is 4.54. The number of rotatable bonds is 6. The number of esters is 1. The summed E-state index contributed by atoms with van der Waals surface area (Å²) in [4.78, 5) is 33.0. The second-order valence-electron chi connectivity index (χ2n) is 4.54. The molecule has 0 atom stereocenters. The Morgan fingerprint density at radius 1 is 1.26 bits per heavy atom. The van der Waals surface area contributed by atoms with Gasteiger partial charge in [0.25, 0.3) is 5.69 Å². The molecule has 0 aliphatic heterocycles. The van der Waals surface area contributed by atoms with Crippen LogP contribution in [0.3, 0.4) is 0 Å². The summed E-state index contributed by atoms with van der Waals surface area (Å²) in [6, 6.07) is 10.4. The first kappa shape index (κ1) is 16.2. The molecule has 2 aromatic rings. The van der Waals surface area contributed by atoms with Gasteiger partial charge in [-0.1, -0.05) is 12.1 Å². The zero-order chi connectivity index (χ0) is 16.8. The molecule has 0 aliphatic rings. The minimum atomic E-state index is -0.571. The summed E-state index contributed by atoms with van der Waals surface area (Å²) < 4.78 is 10.1. The van der Waals surface area contributed by atoms with Crippen LogP contribution in [0.25, 0.3) is 0 Å². The predicted octanol–water partition coefficient (Wildman–Crippen LogP) is 2.77. The number of carbonyl (C=O) groups is 2. The smallest absolute Gasteiger partial charge is 0.337 e. The van der Waals surface area contributed by atoms with Gasteiger partial charge in [-0.15, -0.1) is 0 Å². The molecule has 0 saturated heterocycles. The summed E-state index contributed by atoms with van der Waals surface area (Å²) in [5.74, 6) is -0.343. The SMILES string of the molecule is COC(=O)c1ccc(OCc2ccccc2[N+](=O)[O-])c(C=O)c1. The molecule has 0 amide bonds. The van der Waals surface area contributed by atoms with E-state index in [-0.39, 0.29) is 29.2 Å². The van der Waals surface area contributed by atoms with Crippen LogP contribution in [-0.4, -0.2) is 24.3 Å². The third-order valence-electron chi connectivity index (χ3n) is 3.13. The van der Waals surface area contributed by atoms with E-state index in [0.29, 0.717) is 11.8 Å². The summed E-state index contributed by atoms with van der Waals surface area (Å²) >= 11 is 0. The van der Waals surface area contributed by atoms with E-state index in [9.17, 15) is 19.7 Å². The summed E-state index contributed by atoms with van der Waals surface area (Å²) in [5.41, 5.74) is 0.692. The van der Waals surface area contributed by atoms with Crippen molar-refractivity contribution in [1.29, 1.82) is 0 Å². The summed E-state index contributed by atoms with van der Waals surface area (Å²) in [7, 11) is 1.24. The predicted molar refractivity (Wildman–Crippen MR) is 80.6 cm³/mol. The number of methoxy groups -OCH3 is 1. The van der Waals surface area contributed by atoms with Crippen molar-refractivity contribution < 1.29 is 24.0 Å². The standard InChI is InChI=1S/C16H13NO6/c1-22-16(19)11-6-7-15(13(8-11)9-18)23-10-12-4-2-3-5-14(12)17(20)21/h2-9H,10H2,1H3. The Kier molecular flexibility index (Phi) is 5.03. The third kappa shape index (κ3) is 3.70. The van der Waals surface area contributed by atoms with Crippen molar-refractivity contribution in [3.63, 3.8) is 0 Å². The van der Waals surface area contributed by atoms with Crippen LogP contribution in [0, 0.1) is 10.1 Å². The molecule has 0 fully saturated rings. The van der Waals surface area contributed by atoms with Crippen LogP contribution in [0.2, 0.25) is 0 Å². The average molecular weight is 315 g/mol. The molecule has 0 radical (unpaired) electrons. The number of hydrogen-bond donors (Lipinski definition) is 0. The maximum Gasteiger partial charge on any atom is 0.337 e. The lowest BCUT2D eigenvalue weighted by Crippen LogP contribution is -2.05. The van der Waals surface area contributed by atoms with Crippen molar-refractivity contribution in [2.45, 2.75) is 6.61 Å². The number of ether oxygens (including phenoxy) is 2. The Morgan fingerprint density at radius 3 is 2.65 bits per heavy atom. The number of para-hydroxylation sites is 1. The highest BCUT2D eigenvalue weighted by Gasteiger charge is 2.15. The van der Waals surface area contributed by atoms with Gasteiger partial charge >= 0.3 is 5.97 Å². The van der Waals surface area contributed by atoms with Gasteiger partial charge in [-0.05, 0) is 24.3 Å². The number of hydrogen-bond acceptors (Lipinski definition) is 6. The largest absolute Gasteiger partial charge is 0.488 e. The number of carbonyl (C=O) groups excluding carboxylic acids is 2. The van der Waals surface area contributed by atoms with Crippen LogP contribution in [0.4, 0.5) is 5.69 Å². The molecular weight excluding hydrogens is 302 g/mol. The molecule has 0 unspecified atom stereocenters. The van der Waals surface area contributed by atoms with E-state index >= 15 is 0 Å². The molecule has 2 rings (SSSR count). The fourth-order valence-electron chi connectivity index (χ4n) is 1.98. The first-order valence-corrected chi connectivity index (χ1v) is 6.59. The topological polar surface area (TPSA) is 95.7 Å². The van der Waals surface area contributed by atoms with Crippen molar-refractivity contribution >= 4 is 17.9 Å². The first-order chi connectivity index (χ1) is 11.1. The second kappa shape index (κ2) is 7.17. The van der Waals surface area contributed by atoms with Crippen molar-refractivity contribution in [1.82, 2.24) is 0 Å². The summed E-state index contributed by atoms with van der Waals surface area (Å²) in [5, 5.41) is 11.0. The summed E-state index contributed by atoms with van der Waals surface area (Å²) in [6.07, 6.45) is 0.543. The fourth-order valence-corrected chi connectivity index (χ4v) is 1.98. The van der Waals surface area contributed by atoms with Crippen LogP contribution in [0.5, 0.6) is 5.75 Å². The molecule has 0 heterocycles. The van der Waals surface area contributed by atoms with E-state index in [4.69, 9.17) is 4.74 Å². The van der Waals surface area contributed by atoms with Crippen molar-refractivity contribution in [2.24, 2.45) is 0 Å². The highest BCUT2D eigenvalue weighted by atomic mass is 16.6. The normalized spacial score (nSPS) is 9.96. The molecule has 0 N–H and O–H groups in total. The lowest BCUT2D eigenvalue weighted by atomic mass is 10.1. The molecule has 2 aromatic carbocycles. The Bertz CT molecular complexity index is 756. The molecule has 7 nitrogen and oxygen atoms in total. The number of aldehydes is 1. The number of nitro benzene ring substituents is 1. The molecule has 0 aromatic heterocycles. The van der Waals surface area contributed by atoms with Gasteiger partial charge in [0, 0.05) is 6.07 Å². The van der Waals surface area contributed by atoms with E-state index in [1.807, 2.05) is 0 Å². The molecule has 0 bridgehead atoms. The number of nitro groups is 1. The molecular formula is C16H13NO6. The van der Waals surface area contributed by atoms with E-state index in [1.54, 1.807) is 18.2 Å². The van der Waals surface area contributed by atoms with Crippen LogP contribution < -0.4 is 4.74 Å². The Hall–Kier alpha value is -3.22. The van der Waals surface area contributed by atoms with Gasteiger partial charge in [-0.2, -0.15) is 0 Å². The molecule has 0 aliphatic carbocycles. The lowest BCUT2D eigenvalue weighted by Gasteiger charge is -2.10. The van der Waals surface area contributed by atoms with Gasteiger partial charge < -0.3 is 9.47 Å². The highest BCUT2D eigenvalue weighted by Crippen LogP contribution is 2.23. The van der Waals surface area contributed by atoms with Gasteiger partial charge in [-0.3, -0.25) is 14.9 Å². The van der Waals surface area contributed by atoms with Gasteiger partial charge in [0.2, 0.25) is 0 Å². The van der Waals surface area contributed by atoms with Gasteiger partial charge in [0.15, 0.2) is 6.29 Å². The average Bonchev–Trinajstić information content (AvgIpc) is 2.59. The van der Waals surface area contributed by atoms with Crippen LogP contribution >= 0.6 is 0 Å². The molecule has 0 saturated carbocycles. The maximum absolute atomic E-state index is 11.4. The third-order valence-corrected chi connectivity index (χ3v) is 3.13. The van der Waals surface area contributed by atoms with E-state index in [2.05, 4.69) is 4.74 Å². The van der Waals surface area contributed by atoms with E-state index in [1.165, 1.54) is 31.4 Å². The molecule has 118 valence electrons. The van der Waals surface area contributed by atoms with Crippen LogP contribution in [0.1, 0.15) is 26.3 Å². The number of nitrogens with zero attached hydrogens (tertiary/aromatic N) is 1. The zero-order valence-electron chi connectivity index (χ0n) is 12.2. The van der Waals surface area contributed by atoms with Crippen molar-refractivity contribution in [3.05, 3.63) is 69.3 Å². The Balaban J connectivity index is 2.23. The quantitative estimate of drug-likeness (QED) is 0.352. The fraction of sp³-hybridized carbons (Fsp3) is 0.125. The zero-order valence-corrected chi connectivity index (χ0v) is 12.2. The van der Waals surface area contributed by atoms with Crippen LogP contribution in [0.15, 0.2) is 42.5 Å². The maximum atomic E-state index is 11.4. The van der Waals surface area contributed by atoms with Gasteiger partial charge in [0.1, 0.15) is 12.4 Å². The molecule has 23 heavy (non-hydrogen) atoms. The van der Waals surface area contributed by atoms with Gasteiger partial charge in [0.05, 0.1) is 28.7 Å². The minimum absolute atomic E-state index is 0.0636. The number of benzene rings is 2. The van der Waals surface area contributed by atoms with Crippen molar-refractivity contribution in [2.75, 3.05) is 7.11 Å². The minimum Gasteiger partial charge on any atom is -0.488 e. The Labute approximate surface area is 131 Å². The highest BCUT2D eigenvalue weighted by molar-refractivity contribution is 5.92. The molecule has 0 spiro atoms. The van der Waals surface area contributed by atoms with Gasteiger partial charge in [-0.25, -0.2) is 4.79 Å². The van der Waals surface area contributed by atoms with E-state index < -0.39 is 10.9 Å². The monoisotopic (exact) mass is 315 g/mol. The lowest BCUT2D eigenvalue weighted by molar-refractivity contribution is -0.385. The van der Waals surface area contributed by atoms with E-state index in [0.717, 1.165) is 0 Å². The van der Waals surface area contributed by atoms with Crippen molar-refractivity contribution in [3.8, 4) is 5.75 Å². The molecule has 7 heteroatoms. The Morgan fingerprint density at radius 2 is 2.00 bits per heavy atom. The first-order valence-electron chi connectivity index (χ1n) is 6.59. The summed E-state index contributed by atoms with van der Waals surface area (Å²) in [6.45, 7) is -0.0738.